The highest BCUT2D eigenvalue weighted by Crippen LogP contribution is 2.35. The maximum atomic E-state index is 12.6. The van der Waals surface area contributed by atoms with Crippen LogP contribution in [-0.2, 0) is 11.3 Å². The molecule has 0 unspecified atom stereocenters. The number of hydrogen-bond donors (Lipinski definition) is 1. The van der Waals surface area contributed by atoms with Gasteiger partial charge in [-0.25, -0.2) is 0 Å². The number of nitro groups is 1. The monoisotopic (exact) mass is 314 g/mol. The van der Waals surface area contributed by atoms with Gasteiger partial charge in [0.25, 0.3) is 5.69 Å². The lowest BCUT2D eigenvalue weighted by Crippen LogP contribution is -2.40. The summed E-state index contributed by atoms with van der Waals surface area (Å²) in [4.78, 5) is 10.0. The minimum atomic E-state index is -5.70. The third-order valence-electron chi connectivity index (χ3n) is 2.49. The fraction of sp³-hybridized carbons (Fsp3) is 0.455. The molecule has 0 radical (unpaired) electrons. The maximum Gasteiger partial charge on any atom is 0.455 e. The van der Waals surface area contributed by atoms with Crippen molar-refractivity contribution in [1.29, 1.82) is 0 Å². The average molecular weight is 314 g/mol. The summed E-state index contributed by atoms with van der Waals surface area (Å²) in [6.45, 7) is -2.45. The van der Waals surface area contributed by atoms with Crippen molar-refractivity contribution in [2.24, 2.45) is 0 Å². The van der Waals surface area contributed by atoms with E-state index in [1.54, 1.807) is 0 Å². The molecule has 1 rings (SSSR count). The summed E-state index contributed by atoms with van der Waals surface area (Å²) in [7, 11) is 1.45. The Labute approximate surface area is 115 Å². The summed E-state index contributed by atoms with van der Waals surface area (Å²) in [5.41, 5.74) is -0.0378. The maximum absolute atomic E-state index is 12.6. The molecule has 118 valence electrons. The molecule has 0 aliphatic rings. The van der Waals surface area contributed by atoms with Crippen LogP contribution in [0.25, 0.3) is 0 Å². The number of nitrogens with one attached hydrogen (secondary N) is 1. The second-order valence-corrected chi connectivity index (χ2v) is 4.05. The van der Waals surface area contributed by atoms with Crippen LogP contribution in [0.3, 0.4) is 0 Å². The lowest BCUT2D eigenvalue weighted by Gasteiger charge is -2.19. The molecule has 0 aromatic heterocycles. The smallest absolute Gasteiger partial charge is 0.383 e. The van der Waals surface area contributed by atoms with Crippen molar-refractivity contribution in [3.8, 4) is 0 Å². The zero-order chi connectivity index (χ0) is 16.3. The van der Waals surface area contributed by atoms with Crippen LogP contribution in [0.4, 0.5) is 33.3 Å². The Balaban J connectivity index is 2.73. The van der Waals surface area contributed by atoms with Crippen molar-refractivity contribution < 1.29 is 31.6 Å². The molecule has 0 fully saturated rings. The number of halogens is 5. The molecule has 0 spiro atoms. The lowest BCUT2D eigenvalue weighted by atomic mass is 10.2. The van der Waals surface area contributed by atoms with Crippen molar-refractivity contribution in [2.45, 2.75) is 18.7 Å². The molecule has 1 aromatic rings. The van der Waals surface area contributed by atoms with E-state index in [2.05, 4.69) is 10.1 Å². The molecule has 0 aliphatic heterocycles. The van der Waals surface area contributed by atoms with Gasteiger partial charge in [-0.15, -0.1) is 0 Å². The van der Waals surface area contributed by atoms with Crippen LogP contribution in [0, 0.1) is 10.1 Å². The molecule has 1 aromatic carbocycles. The number of alkyl halides is 5. The first-order valence-corrected chi connectivity index (χ1v) is 5.56. The van der Waals surface area contributed by atoms with Crippen LogP contribution in [0.2, 0.25) is 0 Å². The minimum absolute atomic E-state index is 0.110. The van der Waals surface area contributed by atoms with E-state index >= 15 is 0 Å². The molecule has 0 amide bonds. The molecule has 0 heterocycles. The molecule has 0 atom stereocenters. The number of hydrogen-bond acceptors (Lipinski definition) is 4. The summed E-state index contributed by atoms with van der Waals surface area (Å²) in [5.74, 6) is -4.97. The van der Waals surface area contributed by atoms with Crippen LogP contribution < -0.4 is 5.32 Å². The highest BCUT2D eigenvalue weighted by Gasteiger charge is 2.57. The Morgan fingerprint density at radius 1 is 1.29 bits per heavy atom. The van der Waals surface area contributed by atoms with E-state index in [1.165, 1.54) is 19.2 Å². The quantitative estimate of drug-likeness (QED) is 0.497. The van der Waals surface area contributed by atoms with Gasteiger partial charge >= 0.3 is 12.1 Å². The number of nitrogens with zero attached hydrogens (tertiary/aromatic N) is 1. The standard InChI is InChI=1S/C11H11F5N2O3/c1-17-8-3-2-7(4-9(8)18(19)20)5-21-6-10(12,13)11(14,15)16/h2-4,17H,5-6H2,1H3. The number of ether oxygens (including phenoxy) is 1. The van der Waals surface area contributed by atoms with E-state index in [1.807, 2.05) is 0 Å². The summed E-state index contributed by atoms with van der Waals surface area (Å²) < 4.78 is 65.2. The van der Waals surface area contributed by atoms with Gasteiger partial charge in [-0.05, 0) is 11.6 Å². The fourth-order valence-corrected chi connectivity index (χ4v) is 1.41. The Morgan fingerprint density at radius 3 is 2.38 bits per heavy atom. The molecule has 0 aliphatic carbocycles. The van der Waals surface area contributed by atoms with Crippen LogP contribution in [0.15, 0.2) is 18.2 Å². The third kappa shape index (κ3) is 4.25. The Hall–Kier alpha value is -1.97. The molecule has 0 bridgehead atoms. The Bertz CT molecular complexity index is 519. The lowest BCUT2D eigenvalue weighted by molar-refractivity contribution is -0.384. The van der Waals surface area contributed by atoms with Gasteiger partial charge in [-0.1, -0.05) is 6.07 Å². The summed E-state index contributed by atoms with van der Waals surface area (Å²) in [5, 5.41) is 13.3. The topological polar surface area (TPSA) is 64.4 Å². The van der Waals surface area contributed by atoms with Crippen LogP contribution >= 0.6 is 0 Å². The van der Waals surface area contributed by atoms with Crippen molar-refractivity contribution >= 4 is 11.4 Å². The average Bonchev–Trinajstić information content (AvgIpc) is 2.37. The highest BCUT2D eigenvalue weighted by molar-refractivity contribution is 5.62. The van der Waals surface area contributed by atoms with E-state index < -0.39 is 30.2 Å². The van der Waals surface area contributed by atoms with Gasteiger partial charge in [0.2, 0.25) is 0 Å². The molecule has 0 saturated heterocycles. The van der Waals surface area contributed by atoms with E-state index in [4.69, 9.17) is 0 Å². The highest BCUT2D eigenvalue weighted by atomic mass is 19.4. The second-order valence-electron chi connectivity index (χ2n) is 4.05. The Morgan fingerprint density at radius 2 is 1.90 bits per heavy atom. The molecule has 0 saturated carbocycles. The first kappa shape index (κ1) is 17.1. The van der Waals surface area contributed by atoms with Crippen molar-refractivity contribution in [3.05, 3.63) is 33.9 Å². The summed E-state index contributed by atoms with van der Waals surface area (Å²) in [6.07, 6.45) is -5.70. The molecule has 1 N–H and O–H groups in total. The molecule has 5 nitrogen and oxygen atoms in total. The third-order valence-corrected chi connectivity index (χ3v) is 2.49. The van der Waals surface area contributed by atoms with E-state index in [-0.39, 0.29) is 16.9 Å². The summed E-state index contributed by atoms with van der Waals surface area (Å²) >= 11 is 0. The fourth-order valence-electron chi connectivity index (χ4n) is 1.41. The largest absolute Gasteiger partial charge is 0.455 e. The van der Waals surface area contributed by atoms with Gasteiger partial charge in [0.15, 0.2) is 0 Å². The van der Waals surface area contributed by atoms with E-state index in [0.717, 1.165) is 6.07 Å². The number of nitro benzene ring substituents is 1. The first-order valence-electron chi connectivity index (χ1n) is 5.56. The van der Waals surface area contributed by atoms with Crippen molar-refractivity contribution in [3.63, 3.8) is 0 Å². The van der Waals surface area contributed by atoms with E-state index in [0.29, 0.717) is 0 Å². The molecular weight excluding hydrogens is 303 g/mol. The first-order chi connectivity index (χ1) is 9.58. The van der Waals surface area contributed by atoms with Gasteiger partial charge in [0.05, 0.1) is 11.5 Å². The van der Waals surface area contributed by atoms with Gasteiger partial charge in [-0.2, -0.15) is 22.0 Å². The predicted octanol–water partition coefficient (Wildman–Crippen LogP) is 3.35. The van der Waals surface area contributed by atoms with Gasteiger partial charge < -0.3 is 10.1 Å². The van der Waals surface area contributed by atoms with Gasteiger partial charge in [0.1, 0.15) is 12.3 Å². The predicted molar refractivity (Wildman–Crippen MR) is 63.3 cm³/mol. The SMILES string of the molecule is CNc1ccc(COCC(F)(F)C(F)(F)F)cc1[N+](=O)[O-]. The zero-order valence-electron chi connectivity index (χ0n) is 10.7. The van der Waals surface area contributed by atoms with Crippen LogP contribution in [0.5, 0.6) is 0 Å². The molecular formula is C11H11F5N2O3. The van der Waals surface area contributed by atoms with Crippen molar-refractivity contribution in [1.82, 2.24) is 0 Å². The molecule has 21 heavy (non-hydrogen) atoms. The van der Waals surface area contributed by atoms with E-state index in [9.17, 15) is 32.1 Å². The van der Waals surface area contributed by atoms with Crippen LogP contribution in [0.1, 0.15) is 5.56 Å². The van der Waals surface area contributed by atoms with Crippen molar-refractivity contribution in [2.75, 3.05) is 19.0 Å². The zero-order valence-corrected chi connectivity index (χ0v) is 10.7. The minimum Gasteiger partial charge on any atom is -0.383 e. The number of rotatable bonds is 6. The molecule has 10 heteroatoms. The van der Waals surface area contributed by atoms with Gasteiger partial charge in [0, 0.05) is 13.1 Å². The number of anilines is 1. The van der Waals surface area contributed by atoms with Crippen LogP contribution in [-0.4, -0.2) is 30.7 Å². The number of benzene rings is 1. The Kier molecular flexibility index (Phi) is 5.05. The summed E-state index contributed by atoms with van der Waals surface area (Å²) in [6, 6.07) is 3.67. The second kappa shape index (κ2) is 6.20. The normalized spacial score (nSPS) is 12.3. The van der Waals surface area contributed by atoms with Gasteiger partial charge in [-0.3, -0.25) is 10.1 Å².